The second kappa shape index (κ2) is 12.9. The van der Waals surface area contributed by atoms with Crippen molar-refractivity contribution in [3.8, 4) is 0 Å². The van der Waals surface area contributed by atoms with Crippen LogP contribution in [-0.2, 0) is 4.79 Å². The molecule has 1 fully saturated rings. The maximum Gasteiger partial charge on any atom is 0.243 e. The number of benzene rings is 1. The normalized spacial score (nSPS) is 16.2. The van der Waals surface area contributed by atoms with Gasteiger partial charge in [-0.05, 0) is 38.4 Å². The highest BCUT2D eigenvalue weighted by atomic mass is 127. The molecule has 6 nitrogen and oxygen atoms in total. The molecule has 0 spiro atoms. The number of piperidine rings is 1. The maximum absolute atomic E-state index is 11.9. The van der Waals surface area contributed by atoms with Crippen LogP contribution in [0.15, 0.2) is 35.3 Å². The molecule has 1 atom stereocenters. The highest BCUT2D eigenvalue weighted by Gasteiger charge is 2.12. The second-order valence-corrected chi connectivity index (χ2v) is 7.06. The van der Waals surface area contributed by atoms with Crippen LogP contribution in [0.25, 0.3) is 0 Å². The van der Waals surface area contributed by atoms with Crippen LogP contribution < -0.4 is 10.6 Å². The summed E-state index contributed by atoms with van der Waals surface area (Å²) in [6, 6.07) is 10.4. The fourth-order valence-corrected chi connectivity index (χ4v) is 2.99. The third-order valence-corrected chi connectivity index (χ3v) is 4.69. The van der Waals surface area contributed by atoms with Gasteiger partial charge in [-0.25, -0.2) is 4.99 Å². The summed E-state index contributed by atoms with van der Waals surface area (Å²) in [5.41, 5.74) is 1.19. The Balaban J connectivity index is 0.00000364. The maximum atomic E-state index is 11.9. The van der Waals surface area contributed by atoms with Gasteiger partial charge < -0.3 is 20.4 Å². The molecule has 2 rings (SSSR count). The van der Waals surface area contributed by atoms with Crippen LogP contribution >= 0.6 is 24.0 Å². The van der Waals surface area contributed by atoms with Crippen molar-refractivity contribution in [1.82, 2.24) is 20.4 Å². The van der Waals surface area contributed by atoms with E-state index in [4.69, 9.17) is 0 Å². The minimum Gasteiger partial charge on any atom is -0.355 e. The van der Waals surface area contributed by atoms with E-state index in [1.54, 1.807) is 19.0 Å². The predicted molar refractivity (Wildman–Crippen MR) is 123 cm³/mol. The van der Waals surface area contributed by atoms with Gasteiger partial charge in [-0.2, -0.15) is 0 Å². The van der Waals surface area contributed by atoms with Crippen molar-refractivity contribution in [3.63, 3.8) is 0 Å². The highest BCUT2D eigenvalue weighted by Crippen LogP contribution is 2.11. The number of amides is 1. The standard InChI is InChI=1S/C20H33N5O.HI/c1-17(18-10-6-4-7-11-18)23-20(22-16-19(26)24(2)3)21-12-15-25-13-8-5-9-14-25;/h4,6-7,10-11,17H,5,8-9,12-16H2,1-3H3,(H2,21,22,23);1H. The molecule has 0 saturated carbocycles. The molecule has 152 valence electrons. The number of aliphatic imine (C=N–C) groups is 1. The van der Waals surface area contributed by atoms with E-state index in [0.29, 0.717) is 5.96 Å². The van der Waals surface area contributed by atoms with E-state index in [0.717, 1.165) is 13.1 Å². The van der Waals surface area contributed by atoms with Crippen LogP contribution in [0.2, 0.25) is 0 Å². The first-order valence-electron chi connectivity index (χ1n) is 9.58. The molecule has 7 heteroatoms. The Hall–Kier alpha value is -1.35. The fraction of sp³-hybridized carbons (Fsp3) is 0.600. The third-order valence-electron chi connectivity index (χ3n) is 4.69. The number of carbonyl (C=O) groups is 1. The molecule has 2 N–H and O–H groups in total. The summed E-state index contributed by atoms with van der Waals surface area (Å²) in [6.45, 7) is 6.44. The zero-order valence-electron chi connectivity index (χ0n) is 16.8. The molecule has 0 bridgehead atoms. The first-order valence-corrected chi connectivity index (χ1v) is 9.58. The molecule has 1 saturated heterocycles. The van der Waals surface area contributed by atoms with E-state index in [-0.39, 0.29) is 42.5 Å². The lowest BCUT2D eigenvalue weighted by Crippen LogP contribution is -2.44. The van der Waals surface area contributed by atoms with E-state index in [1.165, 1.54) is 37.9 Å². The average Bonchev–Trinajstić information content (AvgIpc) is 2.67. The Morgan fingerprint density at radius 2 is 1.85 bits per heavy atom. The SMILES string of the molecule is CC(NC(=NCC(=O)N(C)C)NCCN1CCCCC1)c1ccccc1.I. The van der Waals surface area contributed by atoms with Crippen molar-refractivity contribution in [2.45, 2.75) is 32.2 Å². The molecule has 0 radical (unpaired) electrons. The van der Waals surface area contributed by atoms with E-state index in [9.17, 15) is 4.79 Å². The molecule has 27 heavy (non-hydrogen) atoms. The van der Waals surface area contributed by atoms with Crippen molar-refractivity contribution in [2.75, 3.05) is 46.8 Å². The Labute approximate surface area is 180 Å². The molecule has 1 aliphatic rings. The Bertz CT molecular complexity index is 573. The topological polar surface area (TPSA) is 60.0 Å². The van der Waals surface area contributed by atoms with E-state index < -0.39 is 0 Å². The highest BCUT2D eigenvalue weighted by molar-refractivity contribution is 14.0. The summed E-state index contributed by atoms with van der Waals surface area (Å²) in [4.78, 5) is 20.4. The Morgan fingerprint density at radius 1 is 1.19 bits per heavy atom. The molecule has 0 aromatic heterocycles. The van der Waals surface area contributed by atoms with E-state index >= 15 is 0 Å². The van der Waals surface area contributed by atoms with Gasteiger partial charge in [0.15, 0.2) is 5.96 Å². The van der Waals surface area contributed by atoms with Gasteiger partial charge in [-0.15, -0.1) is 24.0 Å². The summed E-state index contributed by atoms with van der Waals surface area (Å²) in [5, 5.41) is 6.80. The minimum atomic E-state index is -0.00510. The lowest BCUT2D eigenvalue weighted by molar-refractivity contribution is -0.127. The largest absolute Gasteiger partial charge is 0.355 e. The number of hydrogen-bond acceptors (Lipinski definition) is 3. The van der Waals surface area contributed by atoms with Gasteiger partial charge in [0, 0.05) is 27.2 Å². The summed E-state index contributed by atoms with van der Waals surface area (Å²) in [5.74, 6) is 0.683. The van der Waals surface area contributed by atoms with Crippen LogP contribution in [0, 0.1) is 0 Å². The van der Waals surface area contributed by atoms with Crippen LogP contribution in [-0.4, -0.2) is 68.5 Å². The van der Waals surface area contributed by atoms with Crippen LogP contribution in [0.5, 0.6) is 0 Å². The smallest absolute Gasteiger partial charge is 0.243 e. The summed E-state index contributed by atoms with van der Waals surface area (Å²) < 4.78 is 0. The van der Waals surface area contributed by atoms with Gasteiger partial charge in [-0.3, -0.25) is 4.79 Å². The zero-order chi connectivity index (χ0) is 18.8. The van der Waals surface area contributed by atoms with Gasteiger partial charge in [-0.1, -0.05) is 36.8 Å². The minimum absolute atomic E-state index is 0. The third kappa shape index (κ3) is 8.92. The number of hydrogen-bond donors (Lipinski definition) is 2. The van der Waals surface area contributed by atoms with Crippen LogP contribution in [0.3, 0.4) is 0 Å². The van der Waals surface area contributed by atoms with E-state index in [2.05, 4.69) is 39.6 Å². The summed E-state index contributed by atoms with van der Waals surface area (Å²) >= 11 is 0. The van der Waals surface area contributed by atoms with Crippen LogP contribution in [0.4, 0.5) is 0 Å². The lowest BCUT2D eigenvalue weighted by Gasteiger charge is -2.27. The molecule has 1 aromatic carbocycles. The van der Waals surface area contributed by atoms with Gasteiger partial charge in [0.05, 0.1) is 6.04 Å². The molecule has 1 heterocycles. The van der Waals surface area contributed by atoms with Crippen molar-refractivity contribution in [3.05, 3.63) is 35.9 Å². The summed E-state index contributed by atoms with van der Waals surface area (Å²) in [7, 11) is 3.50. The molecular weight excluding hydrogens is 453 g/mol. The van der Waals surface area contributed by atoms with Crippen molar-refractivity contribution < 1.29 is 4.79 Å². The van der Waals surface area contributed by atoms with Gasteiger partial charge in [0.1, 0.15) is 6.54 Å². The average molecular weight is 487 g/mol. The molecular formula is C20H34IN5O. The quantitative estimate of drug-likeness (QED) is 0.353. The Kier molecular flexibility index (Phi) is 11.3. The van der Waals surface area contributed by atoms with Crippen LogP contribution in [0.1, 0.15) is 37.8 Å². The number of nitrogens with one attached hydrogen (secondary N) is 2. The molecule has 1 aromatic rings. The number of likely N-dealkylation sites (N-methyl/N-ethyl adjacent to an activating group) is 1. The second-order valence-electron chi connectivity index (χ2n) is 7.06. The Morgan fingerprint density at radius 3 is 2.48 bits per heavy atom. The number of halogens is 1. The zero-order valence-corrected chi connectivity index (χ0v) is 19.1. The first-order chi connectivity index (χ1) is 12.6. The molecule has 1 unspecified atom stereocenters. The molecule has 1 amide bonds. The van der Waals surface area contributed by atoms with Gasteiger partial charge >= 0.3 is 0 Å². The lowest BCUT2D eigenvalue weighted by atomic mass is 10.1. The molecule has 1 aliphatic heterocycles. The van der Waals surface area contributed by atoms with Crippen molar-refractivity contribution >= 4 is 35.8 Å². The predicted octanol–water partition coefficient (Wildman–Crippen LogP) is 2.47. The number of guanidine groups is 1. The number of nitrogens with zero attached hydrogens (tertiary/aromatic N) is 3. The molecule has 0 aliphatic carbocycles. The van der Waals surface area contributed by atoms with Crippen molar-refractivity contribution in [1.29, 1.82) is 0 Å². The van der Waals surface area contributed by atoms with Gasteiger partial charge in [0.25, 0.3) is 0 Å². The van der Waals surface area contributed by atoms with Gasteiger partial charge in [0.2, 0.25) is 5.91 Å². The monoisotopic (exact) mass is 487 g/mol. The van der Waals surface area contributed by atoms with Crippen molar-refractivity contribution in [2.24, 2.45) is 4.99 Å². The summed E-state index contributed by atoms with van der Waals surface area (Å²) in [6.07, 6.45) is 3.93. The number of carbonyl (C=O) groups excluding carboxylic acids is 1. The fourth-order valence-electron chi connectivity index (χ4n) is 2.99. The van der Waals surface area contributed by atoms with E-state index in [1.807, 2.05) is 18.2 Å². The first kappa shape index (κ1) is 23.7. The number of likely N-dealkylation sites (tertiary alicyclic amines) is 1. The number of rotatable bonds is 7.